The van der Waals surface area contributed by atoms with Gasteiger partial charge in [0.2, 0.25) is 0 Å². The number of aliphatic hydroxyl groups is 1. The van der Waals surface area contributed by atoms with Gasteiger partial charge in [-0.2, -0.15) is 0 Å². The number of furan rings is 1. The molecule has 0 spiro atoms. The lowest BCUT2D eigenvalue weighted by atomic mass is 9.99. The molecule has 0 radical (unpaired) electrons. The zero-order valence-corrected chi connectivity index (χ0v) is 15.6. The van der Waals surface area contributed by atoms with Gasteiger partial charge in [-0.1, -0.05) is 11.6 Å². The van der Waals surface area contributed by atoms with Crippen molar-refractivity contribution >= 4 is 29.8 Å². The fourth-order valence-electron chi connectivity index (χ4n) is 3.14. The molecule has 1 aliphatic heterocycles. The first-order chi connectivity index (χ1) is 11.7. The van der Waals surface area contributed by atoms with Crippen LogP contribution in [0.25, 0.3) is 11.3 Å². The first-order valence-corrected chi connectivity index (χ1v) is 8.75. The quantitative estimate of drug-likeness (QED) is 0.755. The molecule has 3 rings (SSSR count). The number of piperidine rings is 1. The van der Waals surface area contributed by atoms with Crippen LogP contribution in [0.5, 0.6) is 0 Å². The first kappa shape index (κ1) is 20.0. The number of hydrogen-bond donors (Lipinski definition) is 1. The lowest BCUT2D eigenvalue weighted by Crippen LogP contribution is -2.37. The highest BCUT2D eigenvalue weighted by molar-refractivity contribution is 6.30. The van der Waals surface area contributed by atoms with Crippen molar-refractivity contribution in [2.24, 2.45) is 5.92 Å². The Morgan fingerprint density at radius 2 is 2.00 bits per heavy atom. The van der Waals surface area contributed by atoms with E-state index in [-0.39, 0.29) is 24.8 Å². The topological polar surface area (TPSA) is 53.7 Å². The van der Waals surface area contributed by atoms with Gasteiger partial charge in [-0.05, 0) is 61.7 Å². The van der Waals surface area contributed by atoms with E-state index >= 15 is 0 Å². The van der Waals surface area contributed by atoms with Crippen molar-refractivity contribution in [3.8, 4) is 11.3 Å². The zero-order chi connectivity index (χ0) is 16.9. The zero-order valence-electron chi connectivity index (χ0n) is 14.0. The molecule has 0 bridgehead atoms. The monoisotopic (exact) mass is 383 g/mol. The van der Waals surface area contributed by atoms with Gasteiger partial charge in [0.25, 0.3) is 0 Å². The van der Waals surface area contributed by atoms with Gasteiger partial charge in [-0.15, -0.1) is 12.4 Å². The van der Waals surface area contributed by atoms with Gasteiger partial charge >= 0.3 is 0 Å². The first-order valence-electron chi connectivity index (χ1n) is 8.38. The van der Waals surface area contributed by atoms with Crippen molar-refractivity contribution in [3.63, 3.8) is 0 Å². The summed E-state index contributed by atoms with van der Waals surface area (Å²) >= 11 is 5.89. The summed E-state index contributed by atoms with van der Waals surface area (Å²) in [5.74, 6) is 1.43. The van der Waals surface area contributed by atoms with Crippen LogP contribution in [-0.2, 0) is 0 Å². The molecule has 1 aromatic heterocycles. The SMILES string of the molecule is Cl.O=C(CCN1CCCC(CO)C1)c1ccc(-c2ccc(Cl)cc2)o1. The molecule has 1 aromatic carbocycles. The molecule has 1 N–H and O–H groups in total. The smallest absolute Gasteiger partial charge is 0.199 e. The molecular formula is C19H23Cl2NO3. The highest BCUT2D eigenvalue weighted by Gasteiger charge is 2.20. The molecule has 2 heterocycles. The van der Waals surface area contributed by atoms with Crippen molar-refractivity contribution in [1.29, 1.82) is 0 Å². The van der Waals surface area contributed by atoms with E-state index in [2.05, 4.69) is 4.90 Å². The molecule has 1 aliphatic rings. The van der Waals surface area contributed by atoms with Crippen LogP contribution in [-0.4, -0.2) is 42.0 Å². The lowest BCUT2D eigenvalue weighted by molar-refractivity contribution is 0.0893. The third-order valence-corrected chi connectivity index (χ3v) is 4.78. The third-order valence-electron chi connectivity index (χ3n) is 4.53. The number of aliphatic hydroxyl groups excluding tert-OH is 1. The largest absolute Gasteiger partial charge is 0.453 e. The average molecular weight is 384 g/mol. The van der Waals surface area contributed by atoms with Crippen molar-refractivity contribution in [1.82, 2.24) is 4.90 Å². The molecule has 1 atom stereocenters. The van der Waals surface area contributed by atoms with Gasteiger partial charge in [0, 0.05) is 36.7 Å². The minimum atomic E-state index is 0. The number of halogens is 2. The Morgan fingerprint density at radius 1 is 1.24 bits per heavy atom. The Kier molecular flexibility index (Phi) is 7.51. The van der Waals surface area contributed by atoms with E-state index in [9.17, 15) is 9.90 Å². The number of carbonyl (C=O) groups excluding carboxylic acids is 1. The highest BCUT2D eigenvalue weighted by atomic mass is 35.5. The summed E-state index contributed by atoms with van der Waals surface area (Å²) in [5.41, 5.74) is 0.903. The van der Waals surface area contributed by atoms with Gasteiger partial charge in [-0.3, -0.25) is 4.79 Å². The van der Waals surface area contributed by atoms with Gasteiger partial charge in [0.15, 0.2) is 11.5 Å². The van der Waals surface area contributed by atoms with Crippen LogP contribution in [0, 0.1) is 5.92 Å². The molecule has 0 saturated carbocycles. The summed E-state index contributed by atoms with van der Waals surface area (Å²) in [5, 5.41) is 9.95. The second-order valence-electron chi connectivity index (χ2n) is 6.34. The van der Waals surface area contributed by atoms with E-state index in [1.165, 1.54) is 0 Å². The highest BCUT2D eigenvalue weighted by Crippen LogP contribution is 2.24. The van der Waals surface area contributed by atoms with Gasteiger partial charge in [0.1, 0.15) is 5.76 Å². The number of hydrogen-bond acceptors (Lipinski definition) is 4. The number of carbonyl (C=O) groups is 1. The van der Waals surface area contributed by atoms with Crippen LogP contribution in [0.15, 0.2) is 40.8 Å². The van der Waals surface area contributed by atoms with Crippen molar-refractivity contribution in [3.05, 3.63) is 47.2 Å². The minimum Gasteiger partial charge on any atom is -0.453 e. The van der Waals surface area contributed by atoms with Gasteiger partial charge in [0.05, 0.1) is 0 Å². The molecule has 4 nitrogen and oxygen atoms in total. The Morgan fingerprint density at radius 3 is 2.72 bits per heavy atom. The average Bonchev–Trinajstić information content (AvgIpc) is 3.10. The molecule has 1 fully saturated rings. The van der Waals surface area contributed by atoms with Gasteiger partial charge < -0.3 is 14.4 Å². The molecular weight excluding hydrogens is 361 g/mol. The van der Waals surface area contributed by atoms with Crippen LogP contribution in [0.4, 0.5) is 0 Å². The van der Waals surface area contributed by atoms with E-state index in [1.54, 1.807) is 18.2 Å². The second kappa shape index (κ2) is 9.39. The van der Waals surface area contributed by atoms with Crippen LogP contribution < -0.4 is 0 Å². The number of likely N-dealkylation sites (tertiary alicyclic amines) is 1. The Hall–Kier alpha value is -1.33. The van der Waals surface area contributed by atoms with E-state index in [0.29, 0.717) is 35.4 Å². The summed E-state index contributed by atoms with van der Waals surface area (Å²) in [6.07, 6.45) is 2.59. The number of rotatable bonds is 6. The van der Waals surface area contributed by atoms with Crippen molar-refractivity contribution in [2.45, 2.75) is 19.3 Å². The maximum Gasteiger partial charge on any atom is 0.199 e. The Labute approximate surface area is 159 Å². The molecule has 2 aromatic rings. The predicted molar refractivity (Wildman–Crippen MR) is 102 cm³/mol. The van der Waals surface area contributed by atoms with Crippen LogP contribution >= 0.6 is 24.0 Å². The molecule has 0 amide bonds. The molecule has 136 valence electrons. The number of Topliss-reactive ketones (excluding diaryl/α,β-unsaturated/α-hetero) is 1. The number of ketones is 1. The lowest BCUT2D eigenvalue weighted by Gasteiger charge is -2.31. The second-order valence-corrected chi connectivity index (χ2v) is 6.77. The standard InChI is InChI=1S/C19H22ClNO3.ClH/c20-16-5-3-15(4-6-16)18-7-8-19(24-18)17(23)9-11-21-10-1-2-14(12-21)13-22;/h3-8,14,22H,1-2,9-13H2;1H. The number of nitrogens with zero attached hydrogens (tertiary/aromatic N) is 1. The summed E-state index contributed by atoms with van der Waals surface area (Å²) in [7, 11) is 0. The minimum absolute atomic E-state index is 0. The molecule has 1 unspecified atom stereocenters. The van der Waals surface area contributed by atoms with Crippen molar-refractivity contribution < 1.29 is 14.3 Å². The van der Waals surface area contributed by atoms with Crippen molar-refractivity contribution in [2.75, 3.05) is 26.2 Å². The molecule has 0 aliphatic carbocycles. The van der Waals surface area contributed by atoms with Crippen LogP contribution in [0.1, 0.15) is 29.8 Å². The maximum absolute atomic E-state index is 12.3. The third kappa shape index (κ3) is 5.32. The normalized spacial score (nSPS) is 17.9. The van der Waals surface area contributed by atoms with E-state index in [1.807, 2.05) is 18.2 Å². The van der Waals surface area contributed by atoms with E-state index < -0.39 is 0 Å². The maximum atomic E-state index is 12.3. The van der Waals surface area contributed by atoms with Gasteiger partial charge in [-0.25, -0.2) is 0 Å². The Bertz CT molecular complexity index is 684. The molecule has 25 heavy (non-hydrogen) atoms. The van der Waals surface area contributed by atoms with Crippen LogP contribution in [0.3, 0.4) is 0 Å². The summed E-state index contributed by atoms with van der Waals surface area (Å²) in [6, 6.07) is 10.9. The summed E-state index contributed by atoms with van der Waals surface area (Å²) in [6.45, 7) is 2.81. The summed E-state index contributed by atoms with van der Waals surface area (Å²) in [4.78, 5) is 14.6. The molecule has 1 saturated heterocycles. The molecule has 6 heteroatoms. The van der Waals surface area contributed by atoms with E-state index in [0.717, 1.165) is 31.5 Å². The Balaban J connectivity index is 0.00000225. The number of benzene rings is 1. The predicted octanol–water partition coefficient (Wildman–Crippen LogP) is 4.30. The fourth-order valence-corrected chi connectivity index (χ4v) is 3.27. The summed E-state index contributed by atoms with van der Waals surface area (Å²) < 4.78 is 5.70. The van der Waals surface area contributed by atoms with E-state index in [4.69, 9.17) is 16.0 Å². The fraction of sp³-hybridized carbons (Fsp3) is 0.421. The van der Waals surface area contributed by atoms with Crippen LogP contribution in [0.2, 0.25) is 5.02 Å².